The summed E-state index contributed by atoms with van der Waals surface area (Å²) in [6.45, 7) is 6.18. The number of hydrogen-bond donors (Lipinski definition) is 0. The predicted octanol–water partition coefficient (Wildman–Crippen LogP) is 2.46. The van der Waals surface area contributed by atoms with Crippen molar-refractivity contribution in [2.24, 2.45) is 0 Å². The molecule has 3 heteroatoms. The zero-order valence-electron chi connectivity index (χ0n) is 9.41. The van der Waals surface area contributed by atoms with E-state index in [0.717, 1.165) is 30.1 Å². The van der Waals surface area contributed by atoms with E-state index < -0.39 is 0 Å². The number of aryl methyl sites for hydroxylation is 1. The lowest BCUT2D eigenvalue weighted by Gasteiger charge is -2.10. The zero-order valence-corrected chi connectivity index (χ0v) is 9.41. The first-order chi connectivity index (χ1) is 7.07. The molecule has 1 fully saturated rings. The largest absolute Gasteiger partial charge is 0.236 e. The van der Waals surface area contributed by atoms with Crippen molar-refractivity contribution in [1.82, 2.24) is 9.97 Å². The van der Waals surface area contributed by atoms with Crippen LogP contribution in [-0.2, 0) is 5.41 Å². The molecule has 1 aliphatic carbocycles. The maximum Gasteiger partial charge on any atom is 0.149 e. The normalized spacial score (nSPS) is 17.5. The number of nitriles is 1. The highest BCUT2D eigenvalue weighted by molar-refractivity contribution is 5.31. The molecule has 1 aromatic heterocycles. The van der Waals surface area contributed by atoms with Crippen molar-refractivity contribution < 1.29 is 0 Å². The van der Waals surface area contributed by atoms with Crippen LogP contribution in [0.1, 0.15) is 49.8 Å². The Kier molecular flexibility index (Phi) is 2.22. The van der Waals surface area contributed by atoms with Crippen LogP contribution in [-0.4, -0.2) is 9.97 Å². The predicted molar refractivity (Wildman–Crippen MR) is 57.4 cm³/mol. The summed E-state index contributed by atoms with van der Waals surface area (Å²) in [6, 6.07) is 4.34. The number of hydrogen-bond acceptors (Lipinski definition) is 3. The molecule has 0 spiro atoms. The molecule has 0 aliphatic heterocycles. The maximum atomic E-state index is 9.10. The fourth-order valence-electron chi connectivity index (χ4n) is 1.61. The maximum absolute atomic E-state index is 9.10. The molecule has 3 nitrogen and oxygen atoms in total. The van der Waals surface area contributed by atoms with E-state index in [9.17, 15) is 0 Å². The van der Waals surface area contributed by atoms with E-state index in [1.54, 1.807) is 0 Å². The van der Waals surface area contributed by atoms with Crippen LogP contribution in [0.4, 0.5) is 0 Å². The Labute approximate surface area is 90.2 Å². The summed E-state index contributed by atoms with van der Waals surface area (Å²) < 4.78 is 0. The molecule has 15 heavy (non-hydrogen) atoms. The monoisotopic (exact) mass is 201 g/mol. The van der Waals surface area contributed by atoms with Gasteiger partial charge in [-0.15, -0.1) is 0 Å². The second kappa shape index (κ2) is 3.30. The quantitative estimate of drug-likeness (QED) is 0.738. The molecule has 0 atom stereocenters. The van der Waals surface area contributed by atoms with Gasteiger partial charge in [-0.1, -0.05) is 13.8 Å². The van der Waals surface area contributed by atoms with E-state index in [1.165, 1.54) is 0 Å². The van der Waals surface area contributed by atoms with Gasteiger partial charge in [0.15, 0.2) is 0 Å². The average Bonchev–Trinajstić information content (AvgIpc) is 2.97. The van der Waals surface area contributed by atoms with Gasteiger partial charge in [0, 0.05) is 11.4 Å². The van der Waals surface area contributed by atoms with Gasteiger partial charge in [0.25, 0.3) is 0 Å². The van der Waals surface area contributed by atoms with Crippen molar-refractivity contribution >= 4 is 0 Å². The molecule has 1 heterocycles. The summed E-state index contributed by atoms with van der Waals surface area (Å²) in [6.07, 6.45) is 1.81. The molecular weight excluding hydrogens is 186 g/mol. The average molecular weight is 201 g/mol. The Morgan fingerprint density at radius 2 is 2.07 bits per heavy atom. The number of nitrogens with zero attached hydrogens (tertiary/aromatic N) is 3. The molecule has 0 aromatic carbocycles. The van der Waals surface area contributed by atoms with E-state index in [2.05, 4.69) is 29.9 Å². The molecule has 0 unspecified atom stereocenters. The van der Waals surface area contributed by atoms with Crippen LogP contribution < -0.4 is 0 Å². The second-order valence-electron chi connectivity index (χ2n) is 4.61. The highest BCUT2D eigenvalue weighted by Crippen LogP contribution is 2.46. The number of aromatic nitrogens is 2. The minimum Gasteiger partial charge on any atom is -0.236 e. The van der Waals surface area contributed by atoms with Crippen molar-refractivity contribution in [2.75, 3.05) is 0 Å². The summed E-state index contributed by atoms with van der Waals surface area (Å²) in [7, 11) is 0. The SMILES string of the molecule is Cc1cc(C(C)C)nc(C2(C#N)CC2)n1. The van der Waals surface area contributed by atoms with Crippen LogP contribution in [0.3, 0.4) is 0 Å². The van der Waals surface area contributed by atoms with Gasteiger partial charge in [0.1, 0.15) is 11.2 Å². The van der Waals surface area contributed by atoms with Gasteiger partial charge in [0.2, 0.25) is 0 Å². The molecule has 0 amide bonds. The Hall–Kier alpha value is -1.43. The van der Waals surface area contributed by atoms with Crippen LogP contribution in [0.15, 0.2) is 6.07 Å². The van der Waals surface area contributed by atoms with Gasteiger partial charge in [-0.2, -0.15) is 5.26 Å². The Morgan fingerprint density at radius 3 is 2.53 bits per heavy atom. The molecule has 2 rings (SSSR count). The van der Waals surface area contributed by atoms with Gasteiger partial charge >= 0.3 is 0 Å². The lowest BCUT2D eigenvalue weighted by atomic mass is 10.1. The van der Waals surface area contributed by atoms with E-state index in [1.807, 2.05) is 13.0 Å². The van der Waals surface area contributed by atoms with Gasteiger partial charge < -0.3 is 0 Å². The molecule has 78 valence electrons. The highest BCUT2D eigenvalue weighted by atomic mass is 14.9. The smallest absolute Gasteiger partial charge is 0.149 e. The van der Waals surface area contributed by atoms with Crippen LogP contribution in [0, 0.1) is 18.3 Å². The summed E-state index contributed by atoms with van der Waals surface area (Å²) in [5.74, 6) is 1.12. The van der Waals surface area contributed by atoms with Gasteiger partial charge in [0.05, 0.1) is 6.07 Å². The topological polar surface area (TPSA) is 49.6 Å². The van der Waals surface area contributed by atoms with E-state index in [-0.39, 0.29) is 5.41 Å². The third-order valence-electron chi connectivity index (χ3n) is 2.86. The van der Waals surface area contributed by atoms with Crippen LogP contribution >= 0.6 is 0 Å². The lowest BCUT2D eigenvalue weighted by Crippen LogP contribution is -2.12. The fraction of sp³-hybridized carbons (Fsp3) is 0.583. The van der Waals surface area contributed by atoms with Gasteiger partial charge in [-0.25, -0.2) is 9.97 Å². The summed E-state index contributed by atoms with van der Waals surface area (Å²) in [5.41, 5.74) is 1.64. The van der Waals surface area contributed by atoms with Crippen molar-refractivity contribution in [2.45, 2.75) is 44.9 Å². The number of rotatable bonds is 2. The standard InChI is InChI=1S/C12H15N3/c1-8(2)10-6-9(3)14-11(15-10)12(7-13)4-5-12/h6,8H,4-5H2,1-3H3. The summed E-state index contributed by atoms with van der Waals surface area (Å²) >= 11 is 0. The highest BCUT2D eigenvalue weighted by Gasteiger charge is 2.48. The molecule has 0 N–H and O–H groups in total. The molecule has 1 aliphatic rings. The Balaban J connectivity index is 2.46. The first-order valence-corrected chi connectivity index (χ1v) is 5.35. The molecular formula is C12H15N3. The van der Waals surface area contributed by atoms with Crippen molar-refractivity contribution in [1.29, 1.82) is 5.26 Å². The summed E-state index contributed by atoms with van der Waals surface area (Å²) in [5, 5.41) is 9.10. The van der Waals surface area contributed by atoms with Crippen LogP contribution in [0.5, 0.6) is 0 Å². The molecule has 0 bridgehead atoms. The van der Waals surface area contributed by atoms with Crippen LogP contribution in [0.2, 0.25) is 0 Å². The van der Waals surface area contributed by atoms with Crippen molar-refractivity contribution in [3.8, 4) is 6.07 Å². The van der Waals surface area contributed by atoms with Gasteiger partial charge in [-0.3, -0.25) is 0 Å². The van der Waals surface area contributed by atoms with E-state index >= 15 is 0 Å². The first-order valence-electron chi connectivity index (χ1n) is 5.35. The third-order valence-corrected chi connectivity index (χ3v) is 2.86. The fourth-order valence-corrected chi connectivity index (χ4v) is 1.61. The molecule has 0 saturated heterocycles. The minimum absolute atomic E-state index is 0.365. The lowest BCUT2D eigenvalue weighted by molar-refractivity contribution is 0.732. The molecule has 1 aromatic rings. The Bertz CT molecular complexity index is 425. The minimum atomic E-state index is -0.365. The van der Waals surface area contributed by atoms with Crippen LogP contribution in [0.25, 0.3) is 0 Å². The van der Waals surface area contributed by atoms with Crippen molar-refractivity contribution in [3.05, 3.63) is 23.3 Å². The zero-order chi connectivity index (χ0) is 11.1. The molecule has 0 radical (unpaired) electrons. The second-order valence-corrected chi connectivity index (χ2v) is 4.61. The first kappa shape index (κ1) is 10.1. The Morgan fingerprint density at radius 1 is 1.40 bits per heavy atom. The van der Waals surface area contributed by atoms with Gasteiger partial charge in [-0.05, 0) is 31.7 Å². The van der Waals surface area contributed by atoms with Crippen molar-refractivity contribution in [3.63, 3.8) is 0 Å². The third kappa shape index (κ3) is 1.72. The van der Waals surface area contributed by atoms with E-state index in [4.69, 9.17) is 5.26 Å². The van der Waals surface area contributed by atoms with E-state index in [0.29, 0.717) is 5.92 Å². The summed E-state index contributed by atoms with van der Waals surface area (Å²) in [4.78, 5) is 8.89. The molecule has 1 saturated carbocycles.